The molecule has 1 aromatic carbocycles. The van der Waals surface area contributed by atoms with Gasteiger partial charge in [-0.2, -0.15) is 0 Å². The van der Waals surface area contributed by atoms with E-state index >= 15 is 0 Å². The third-order valence-corrected chi connectivity index (χ3v) is 4.48. The third-order valence-electron chi connectivity index (χ3n) is 4.48. The minimum atomic E-state index is -1.14. The van der Waals surface area contributed by atoms with Crippen molar-refractivity contribution in [3.63, 3.8) is 0 Å². The predicted molar refractivity (Wildman–Crippen MR) is 93.5 cm³/mol. The minimum absolute atomic E-state index is 0.0800. The van der Waals surface area contributed by atoms with Crippen LogP contribution in [0.2, 0.25) is 0 Å². The molecular weight excluding hydrogens is 357 g/mol. The number of rotatable bonds is 5. The lowest BCUT2D eigenvalue weighted by Gasteiger charge is -2.33. The first-order chi connectivity index (χ1) is 12.8. The molecule has 1 aromatic heterocycles. The van der Waals surface area contributed by atoms with Gasteiger partial charge in [0.1, 0.15) is 11.9 Å². The van der Waals surface area contributed by atoms with E-state index in [4.69, 9.17) is 9.84 Å². The summed E-state index contributed by atoms with van der Waals surface area (Å²) in [6.45, 7) is 1.59. The number of carbonyl (C=O) groups is 3. The summed E-state index contributed by atoms with van der Waals surface area (Å²) in [5.74, 6) is -2.26. The molecule has 2 heterocycles. The Hall–Kier alpha value is -2.94. The van der Waals surface area contributed by atoms with Crippen LogP contribution in [-0.2, 0) is 25.5 Å². The summed E-state index contributed by atoms with van der Waals surface area (Å²) < 4.78 is 18.5. The van der Waals surface area contributed by atoms with Gasteiger partial charge in [0, 0.05) is 37.0 Å². The number of amides is 2. The van der Waals surface area contributed by atoms with E-state index in [0.717, 1.165) is 10.9 Å². The Morgan fingerprint density at radius 3 is 2.93 bits per heavy atom. The summed E-state index contributed by atoms with van der Waals surface area (Å²) in [6, 6.07) is 3.43. The Morgan fingerprint density at radius 1 is 1.44 bits per heavy atom. The van der Waals surface area contributed by atoms with Crippen LogP contribution in [-0.4, -0.2) is 64.6 Å². The highest BCUT2D eigenvalue weighted by Crippen LogP contribution is 2.21. The summed E-state index contributed by atoms with van der Waals surface area (Å²) in [7, 11) is 0. The van der Waals surface area contributed by atoms with Crippen LogP contribution < -0.4 is 5.32 Å². The molecule has 2 atom stereocenters. The number of fused-ring (bicyclic) bond motifs is 1. The fourth-order valence-electron chi connectivity index (χ4n) is 3.21. The van der Waals surface area contributed by atoms with Crippen LogP contribution >= 0.6 is 0 Å². The lowest BCUT2D eigenvalue weighted by molar-refractivity contribution is -0.160. The van der Waals surface area contributed by atoms with Crippen LogP contribution in [0.15, 0.2) is 24.4 Å². The monoisotopic (exact) mass is 377 g/mol. The molecule has 1 saturated heterocycles. The van der Waals surface area contributed by atoms with Crippen molar-refractivity contribution in [2.24, 2.45) is 0 Å². The number of nitrogens with zero attached hydrogens (tertiary/aromatic N) is 1. The first-order valence-electron chi connectivity index (χ1n) is 8.51. The summed E-state index contributed by atoms with van der Waals surface area (Å²) in [6.07, 6.45) is 0.779. The number of morpholine rings is 1. The molecule has 9 heteroatoms. The zero-order chi connectivity index (χ0) is 19.6. The van der Waals surface area contributed by atoms with Crippen LogP contribution in [0.5, 0.6) is 0 Å². The van der Waals surface area contributed by atoms with Crippen molar-refractivity contribution in [2.45, 2.75) is 25.5 Å². The Balaban J connectivity index is 1.81. The highest BCUT2D eigenvalue weighted by molar-refractivity contribution is 5.89. The van der Waals surface area contributed by atoms with E-state index in [1.165, 1.54) is 24.0 Å². The molecule has 0 saturated carbocycles. The molecule has 27 heavy (non-hydrogen) atoms. The number of aliphatic carboxylic acids is 1. The van der Waals surface area contributed by atoms with Gasteiger partial charge in [0.25, 0.3) is 0 Å². The summed E-state index contributed by atoms with van der Waals surface area (Å²) in [5.41, 5.74) is 1.34. The van der Waals surface area contributed by atoms with E-state index in [1.54, 1.807) is 12.3 Å². The second-order valence-corrected chi connectivity index (χ2v) is 6.44. The van der Waals surface area contributed by atoms with Crippen molar-refractivity contribution in [1.29, 1.82) is 0 Å². The zero-order valence-electron chi connectivity index (χ0n) is 14.7. The maximum atomic E-state index is 13.4. The lowest BCUT2D eigenvalue weighted by atomic mass is 10.0. The number of aromatic nitrogens is 1. The molecule has 2 aromatic rings. The molecule has 2 amide bonds. The number of nitrogens with one attached hydrogen (secondary N) is 2. The van der Waals surface area contributed by atoms with Gasteiger partial charge < -0.3 is 25.0 Å². The van der Waals surface area contributed by atoms with Crippen molar-refractivity contribution >= 4 is 28.7 Å². The molecule has 0 radical (unpaired) electrons. The van der Waals surface area contributed by atoms with Crippen LogP contribution in [0.25, 0.3) is 10.9 Å². The molecule has 0 spiro atoms. The fraction of sp³-hybridized carbons (Fsp3) is 0.389. The van der Waals surface area contributed by atoms with Gasteiger partial charge in [0.05, 0.1) is 13.2 Å². The van der Waals surface area contributed by atoms with Crippen LogP contribution in [0.1, 0.15) is 12.5 Å². The van der Waals surface area contributed by atoms with Gasteiger partial charge in [-0.05, 0) is 23.8 Å². The van der Waals surface area contributed by atoms with E-state index < -0.39 is 18.1 Å². The highest BCUT2D eigenvalue weighted by Gasteiger charge is 2.33. The Labute approximate surface area is 154 Å². The number of benzene rings is 1. The van der Waals surface area contributed by atoms with E-state index in [9.17, 15) is 18.8 Å². The smallest absolute Gasteiger partial charge is 0.334 e. The molecule has 1 fully saturated rings. The third kappa shape index (κ3) is 4.25. The zero-order valence-corrected chi connectivity index (χ0v) is 14.7. The molecule has 1 aliphatic rings. The maximum Gasteiger partial charge on any atom is 0.334 e. The Morgan fingerprint density at radius 2 is 2.22 bits per heavy atom. The first-order valence-corrected chi connectivity index (χ1v) is 8.51. The van der Waals surface area contributed by atoms with Gasteiger partial charge in [0.15, 0.2) is 6.10 Å². The Kier molecular flexibility index (Phi) is 5.41. The number of hydrogen-bond donors (Lipinski definition) is 3. The predicted octanol–water partition coefficient (Wildman–Crippen LogP) is 0.666. The Bertz CT molecular complexity index is 881. The summed E-state index contributed by atoms with van der Waals surface area (Å²) >= 11 is 0. The number of carboxylic acid groups (broad SMARTS) is 1. The normalized spacial score (nSPS) is 18.3. The average molecular weight is 377 g/mol. The molecule has 0 aliphatic carbocycles. The van der Waals surface area contributed by atoms with E-state index in [-0.39, 0.29) is 43.7 Å². The average Bonchev–Trinajstić information content (AvgIpc) is 3.02. The number of H-pyrrole nitrogens is 1. The second kappa shape index (κ2) is 7.75. The van der Waals surface area contributed by atoms with E-state index in [1.807, 2.05) is 0 Å². The SMILES string of the molecule is CC(=O)N[C@H](Cc1c[nH]c2cc(F)ccc12)C(=O)N1CCO[C@@H](C(=O)O)C1. The standard InChI is InChI=1S/C18H20FN3O5/c1-10(23)21-15(17(24)22-4-5-27-16(9-22)18(25)26)6-11-8-20-14-7-12(19)2-3-13(11)14/h2-3,7-8,15-16,20H,4-6,9H2,1H3,(H,21,23)(H,25,26)/t15-,16-/m1/s1. The molecule has 0 unspecified atom stereocenters. The molecule has 144 valence electrons. The highest BCUT2D eigenvalue weighted by atomic mass is 19.1. The number of hydrogen-bond acceptors (Lipinski definition) is 4. The van der Waals surface area contributed by atoms with Crippen molar-refractivity contribution in [1.82, 2.24) is 15.2 Å². The molecule has 3 N–H and O–H groups in total. The summed E-state index contributed by atoms with van der Waals surface area (Å²) in [4.78, 5) is 40.0. The molecule has 8 nitrogen and oxygen atoms in total. The fourth-order valence-corrected chi connectivity index (χ4v) is 3.21. The maximum absolute atomic E-state index is 13.4. The van der Waals surface area contributed by atoms with Crippen molar-refractivity contribution in [3.05, 3.63) is 35.8 Å². The van der Waals surface area contributed by atoms with Gasteiger partial charge in [-0.1, -0.05) is 0 Å². The van der Waals surface area contributed by atoms with Gasteiger partial charge in [0.2, 0.25) is 11.8 Å². The van der Waals surface area contributed by atoms with Crippen LogP contribution in [0.4, 0.5) is 4.39 Å². The van der Waals surface area contributed by atoms with Gasteiger partial charge in [-0.3, -0.25) is 9.59 Å². The first kappa shape index (κ1) is 18.8. The molecule has 3 rings (SSSR count). The second-order valence-electron chi connectivity index (χ2n) is 6.44. The number of carbonyl (C=O) groups excluding carboxylic acids is 2. The van der Waals surface area contributed by atoms with Gasteiger partial charge in [-0.15, -0.1) is 0 Å². The van der Waals surface area contributed by atoms with Crippen molar-refractivity contribution in [3.8, 4) is 0 Å². The quantitative estimate of drug-likeness (QED) is 0.709. The van der Waals surface area contributed by atoms with E-state index in [0.29, 0.717) is 5.52 Å². The number of aromatic amines is 1. The largest absolute Gasteiger partial charge is 0.479 e. The van der Waals surface area contributed by atoms with Gasteiger partial charge >= 0.3 is 5.97 Å². The topological polar surface area (TPSA) is 112 Å². The number of carboxylic acids is 1. The van der Waals surface area contributed by atoms with Crippen LogP contribution in [0, 0.1) is 5.82 Å². The van der Waals surface area contributed by atoms with E-state index in [2.05, 4.69) is 10.3 Å². The number of ether oxygens (including phenoxy) is 1. The number of halogens is 1. The minimum Gasteiger partial charge on any atom is -0.479 e. The lowest BCUT2D eigenvalue weighted by Crippen LogP contribution is -2.55. The van der Waals surface area contributed by atoms with Gasteiger partial charge in [-0.25, -0.2) is 9.18 Å². The van der Waals surface area contributed by atoms with Crippen molar-refractivity contribution < 1.29 is 28.6 Å². The molecule has 1 aliphatic heterocycles. The van der Waals surface area contributed by atoms with Crippen molar-refractivity contribution in [2.75, 3.05) is 19.7 Å². The van der Waals surface area contributed by atoms with Crippen LogP contribution in [0.3, 0.4) is 0 Å². The summed E-state index contributed by atoms with van der Waals surface area (Å²) in [5, 5.41) is 12.5. The molecule has 0 bridgehead atoms. The molecular formula is C18H20FN3O5.